The summed E-state index contributed by atoms with van der Waals surface area (Å²) in [5, 5.41) is 0. The Bertz CT molecular complexity index is 374. The van der Waals surface area contributed by atoms with Crippen molar-refractivity contribution in [1.29, 1.82) is 0 Å². The van der Waals surface area contributed by atoms with E-state index in [4.69, 9.17) is 11.5 Å². The van der Waals surface area contributed by atoms with E-state index >= 15 is 0 Å². The second kappa shape index (κ2) is 4.63. The Morgan fingerprint density at radius 3 is 2.50 bits per heavy atom. The van der Waals surface area contributed by atoms with Crippen molar-refractivity contribution in [1.82, 2.24) is 0 Å². The molecule has 2 rings (SSSR count). The quantitative estimate of drug-likeness (QED) is 0.788. The Labute approximate surface area is 95.2 Å². The number of nitrogens with two attached hydrogens (primary N) is 2. The lowest BCUT2D eigenvalue weighted by molar-refractivity contribution is -0.117. The summed E-state index contributed by atoms with van der Waals surface area (Å²) in [6.45, 7) is 1.25. The molecule has 0 bridgehead atoms. The Balaban J connectivity index is 2.15. The summed E-state index contributed by atoms with van der Waals surface area (Å²) in [5.74, 6) is 0.205. The number of hydrogen-bond acceptors (Lipinski definition) is 3. The first-order chi connectivity index (χ1) is 7.72. The summed E-state index contributed by atoms with van der Waals surface area (Å²) >= 11 is 0. The van der Waals surface area contributed by atoms with Crippen LogP contribution in [0.1, 0.15) is 24.4 Å². The van der Waals surface area contributed by atoms with Crippen LogP contribution >= 0.6 is 0 Å². The van der Waals surface area contributed by atoms with Crippen LogP contribution in [0, 0.1) is 0 Å². The Morgan fingerprint density at radius 2 is 2.00 bits per heavy atom. The third kappa shape index (κ3) is 2.08. The molecule has 4 nitrogen and oxygen atoms in total. The number of anilines is 1. The van der Waals surface area contributed by atoms with Crippen molar-refractivity contribution < 1.29 is 4.79 Å². The lowest BCUT2D eigenvalue weighted by Gasteiger charge is -2.17. The molecule has 0 unspecified atom stereocenters. The highest BCUT2D eigenvalue weighted by molar-refractivity contribution is 5.95. The van der Waals surface area contributed by atoms with Crippen molar-refractivity contribution in [2.75, 3.05) is 18.0 Å². The van der Waals surface area contributed by atoms with Gasteiger partial charge >= 0.3 is 0 Å². The van der Waals surface area contributed by atoms with Gasteiger partial charge in [-0.3, -0.25) is 4.79 Å². The van der Waals surface area contributed by atoms with Gasteiger partial charge in [-0.25, -0.2) is 0 Å². The molecule has 1 atom stereocenters. The zero-order valence-electron chi connectivity index (χ0n) is 9.23. The lowest BCUT2D eigenvalue weighted by atomic mass is 10.1. The lowest BCUT2D eigenvalue weighted by Crippen LogP contribution is -2.24. The molecular formula is C12H17N3O. The van der Waals surface area contributed by atoms with Crippen molar-refractivity contribution in [3.8, 4) is 0 Å². The topological polar surface area (TPSA) is 72.3 Å². The monoisotopic (exact) mass is 219 g/mol. The molecule has 4 N–H and O–H groups in total. The van der Waals surface area contributed by atoms with E-state index in [1.54, 1.807) is 0 Å². The van der Waals surface area contributed by atoms with Crippen molar-refractivity contribution >= 4 is 11.6 Å². The van der Waals surface area contributed by atoms with Crippen LogP contribution < -0.4 is 16.4 Å². The number of benzene rings is 1. The van der Waals surface area contributed by atoms with Crippen LogP contribution in [-0.2, 0) is 4.79 Å². The molecule has 1 amide bonds. The van der Waals surface area contributed by atoms with Gasteiger partial charge in [0.1, 0.15) is 0 Å². The van der Waals surface area contributed by atoms with Crippen molar-refractivity contribution in [2.24, 2.45) is 11.5 Å². The summed E-state index contributed by atoms with van der Waals surface area (Å²) in [7, 11) is 0. The summed E-state index contributed by atoms with van der Waals surface area (Å²) in [4.78, 5) is 13.3. The summed E-state index contributed by atoms with van der Waals surface area (Å²) in [6.07, 6.45) is 1.60. The fraction of sp³-hybridized carbons (Fsp3) is 0.417. The SMILES string of the molecule is NC[C@@H](N)c1ccc(N2CCCC2=O)cc1. The first-order valence-electron chi connectivity index (χ1n) is 5.58. The largest absolute Gasteiger partial charge is 0.329 e. The standard InChI is InChI=1S/C12H17N3O/c13-8-11(14)9-3-5-10(6-4-9)15-7-1-2-12(15)16/h3-6,11H,1-2,7-8,13-14H2/t11-/m1/s1. The first-order valence-corrected chi connectivity index (χ1v) is 5.58. The molecule has 1 saturated heterocycles. The van der Waals surface area contributed by atoms with E-state index in [0.29, 0.717) is 13.0 Å². The van der Waals surface area contributed by atoms with Crippen LogP contribution in [0.25, 0.3) is 0 Å². The molecule has 86 valence electrons. The molecule has 4 heteroatoms. The fourth-order valence-corrected chi connectivity index (χ4v) is 1.96. The van der Waals surface area contributed by atoms with Crippen molar-refractivity contribution in [3.63, 3.8) is 0 Å². The minimum absolute atomic E-state index is 0.122. The highest BCUT2D eigenvalue weighted by Gasteiger charge is 2.21. The van der Waals surface area contributed by atoms with Gasteiger partial charge < -0.3 is 16.4 Å². The van der Waals surface area contributed by atoms with E-state index in [9.17, 15) is 4.79 Å². The van der Waals surface area contributed by atoms with Crippen LogP contribution in [0.4, 0.5) is 5.69 Å². The van der Waals surface area contributed by atoms with Gasteiger partial charge in [-0.1, -0.05) is 12.1 Å². The number of nitrogens with zero attached hydrogens (tertiary/aromatic N) is 1. The van der Waals surface area contributed by atoms with Crippen LogP contribution in [-0.4, -0.2) is 19.0 Å². The summed E-state index contributed by atoms with van der Waals surface area (Å²) < 4.78 is 0. The number of rotatable bonds is 3. The van der Waals surface area contributed by atoms with Gasteiger partial charge in [0.05, 0.1) is 0 Å². The molecule has 0 spiro atoms. The smallest absolute Gasteiger partial charge is 0.227 e. The highest BCUT2D eigenvalue weighted by Crippen LogP contribution is 2.22. The maximum atomic E-state index is 11.5. The first kappa shape index (κ1) is 11.1. The molecule has 1 aliphatic heterocycles. The molecule has 1 aliphatic rings. The molecule has 0 aliphatic carbocycles. The average Bonchev–Trinajstić information content (AvgIpc) is 2.75. The van der Waals surface area contributed by atoms with Gasteiger partial charge in [0.25, 0.3) is 0 Å². The van der Waals surface area contributed by atoms with E-state index in [1.165, 1.54) is 0 Å². The van der Waals surface area contributed by atoms with E-state index in [0.717, 1.165) is 24.2 Å². The Hall–Kier alpha value is -1.39. The van der Waals surface area contributed by atoms with Gasteiger partial charge in [-0.2, -0.15) is 0 Å². The number of carbonyl (C=O) groups excluding carboxylic acids is 1. The van der Waals surface area contributed by atoms with E-state index < -0.39 is 0 Å². The van der Waals surface area contributed by atoms with Crippen molar-refractivity contribution in [2.45, 2.75) is 18.9 Å². The van der Waals surface area contributed by atoms with Crippen LogP contribution in [0.2, 0.25) is 0 Å². The molecule has 0 radical (unpaired) electrons. The maximum absolute atomic E-state index is 11.5. The predicted molar refractivity (Wildman–Crippen MR) is 64.0 cm³/mol. The predicted octanol–water partition coefficient (Wildman–Crippen LogP) is 0.772. The van der Waals surface area contributed by atoms with Gasteiger partial charge in [-0.05, 0) is 24.1 Å². The third-order valence-corrected chi connectivity index (χ3v) is 2.96. The summed E-state index contributed by atoms with van der Waals surface area (Å²) in [5.41, 5.74) is 13.3. The van der Waals surface area contributed by atoms with E-state index in [-0.39, 0.29) is 11.9 Å². The van der Waals surface area contributed by atoms with Gasteiger partial charge in [-0.15, -0.1) is 0 Å². The molecule has 0 aromatic heterocycles. The molecule has 1 fully saturated rings. The van der Waals surface area contributed by atoms with Crippen LogP contribution in [0.15, 0.2) is 24.3 Å². The number of amides is 1. The van der Waals surface area contributed by atoms with E-state index in [2.05, 4.69) is 0 Å². The normalized spacial score (nSPS) is 17.9. The number of carbonyl (C=O) groups is 1. The zero-order chi connectivity index (χ0) is 11.5. The van der Waals surface area contributed by atoms with Crippen molar-refractivity contribution in [3.05, 3.63) is 29.8 Å². The van der Waals surface area contributed by atoms with Gasteiger partial charge in [0.15, 0.2) is 0 Å². The molecule has 1 heterocycles. The molecule has 1 aromatic carbocycles. The Morgan fingerprint density at radius 1 is 1.31 bits per heavy atom. The highest BCUT2D eigenvalue weighted by atomic mass is 16.2. The Kier molecular flexibility index (Phi) is 3.22. The second-order valence-corrected chi connectivity index (χ2v) is 4.08. The molecular weight excluding hydrogens is 202 g/mol. The minimum Gasteiger partial charge on any atom is -0.329 e. The maximum Gasteiger partial charge on any atom is 0.227 e. The van der Waals surface area contributed by atoms with Gasteiger partial charge in [0.2, 0.25) is 5.91 Å². The molecule has 1 aromatic rings. The zero-order valence-corrected chi connectivity index (χ0v) is 9.23. The summed E-state index contributed by atoms with van der Waals surface area (Å²) in [6, 6.07) is 7.64. The van der Waals surface area contributed by atoms with Crippen LogP contribution in [0.3, 0.4) is 0 Å². The van der Waals surface area contributed by atoms with E-state index in [1.807, 2.05) is 29.2 Å². The minimum atomic E-state index is -0.122. The number of hydrogen-bond donors (Lipinski definition) is 2. The fourth-order valence-electron chi connectivity index (χ4n) is 1.96. The van der Waals surface area contributed by atoms with Gasteiger partial charge in [0, 0.05) is 31.2 Å². The third-order valence-electron chi connectivity index (χ3n) is 2.96. The van der Waals surface area contributed by atoms with Crippen LogP contribution in [0.5, 0.6) is 0 Å². The second-order valence-electron chi connectivity index (χ2n) is 4.08. The molecule has 16 heavy (non-hydrogen) atoms. The molecule has 0 saturated carbocycles. The average molecular weight is 219 g/mol.